The Morgan fingerprint density at radius 2 is 1.81 bits per heavy atom. The minimum Gasteiger partial charge on any atom is -0.351 e. The van der Waals surface area contributed by atoms with Gasteiger partial charge in [-0.2, -0.15) is 0 Å². The van der Waals surface area contributed by atoms with Crippen molar-refractivity contribution >= 4 is 17.7 Å². The predicted octanol–water partition coefficient (Wildman–Crippen LogP) is 4.07. The molecule has 0 radical (unpaired) electrons. The van der Waals surface area contributed by atoms with Gasteiger partial charge in [0, 0.05) is 18.7 Å². The molecule has 27 heavy (non-hydrogen) atoms. The number of nitrogens with one attached hydrogen (secondary N) is 1. The zero-order valence-corrected chi connectivity index (χ0v) is 16.7. The van der Waals surface area contributed by atoms with E-state index in [4.69, 9.17) is 0 Å². The van der Waals surface area contributed by atoms with Crippen LogP contribution >= 0.6 is 11.8 Å². The molecule has 0 spiro atoms. The SMILES string of the molecule is CCn1c(S[C@H](C)C(=O)NCc2ccccc2)nnc1-c1ccccc1C. The highest BCUT2D eigenvalue weighted by molar-refractivity contribution is 8.00. The second kappa shape index (κ2) is 8.86. The van der Waals surface area contributed by atoms with Gasteiger partial charge in [0.1, 0.15) is 0 Å². The summed E-state index contributed by atoms with van der Waals surface area (Å²) in [6.07, 6.45) is 0. The van der Waals surface area contributed by atoms with Gasteiger partial charge in [-0.05, 0) is 31.9 Å². The maximum absolute atomic E-state index is 12.5. The molecule has 1 atom stereocenters. The number of rotatable bonds is 7. The molecular formula is C21H24N4OS. The number of hydrogen-bond acceptors (Lipinski definition) is 4. The first-order chi connectivity index (χ1) is 13.1. The van der Waals surface area contributed by atoms with E-state index in [9.17, 15) is 4.79 Å². The number of nitrogens with zero attached hydrogens (tertiary/aromatic N) is 3. The van der Waals surface area contributed by atoms with Crippen LogP contribution in [0, 0.1) is 6.92 Å². The third-order valence-corrected chi connectivity index (χ3v) is 5.46. The van der Waals surface area contributed by atoms with Crippen molar-refractivity contribution < 1.29 is 4.79 Å². The molecule has 5 nitrogen and oxygen atoms in total. The number of aryl methyl sites for hydroxylation is 1. The molecule has 0 aliphatic carbocycles. The van der Waals surface area contributed by atoms with Gasteiger partial charge in [-0.1, -0.05) is 66.4 Å². The van der Waals surface area contributed by atoms with E-state index in [2.05, 4.69) is 46.1 Å². The van der Waals surface area contributed by atoms with Gasteiger partial charge in [-0.15, -0.1) is 10.2 Å². The molecule has 3 aromatic rings. The zero-order chi connectivity index (χ0) is 19.2. The van der Waals surface area contributed by atoms with E-state index in [1.54, 1.807) is 0 Å². The number of benzene rings is 2. The van der Waals surface area contributed by atoms with Crippen LogP contribution in [0.3, 0.4) is 0 Å². The number of amides is 1. The van der Waals surface area contributed by atoms with Crippen LogP contribution in [0.5, 0.6) is 0 Å². The summed E-state index contributed by atoms with van der Waals surface area (Å²) in [5.74, 6) is 0.835. The second-order valence-electron chi connectivity index (χ2n) is 6.33. The molecule has 3 rings (SSSR count). The first-order valence-corrected chi connectivity index (χ1v) is 9.95. The highest BCUT2D eigenvalue weighted by Crippen LogP contribution is 2.28. The summed E-state index contributed by atoms with van der Waals surface area (Å²) in [5, 5.41) is 12.2. The number of aromatic nitrogens is 3. The Kier molecular flexibility index (Phi) is 6.29. The van der Waals surface area contributed by atoms with E-state index in [0.717, 1.165) is 34.2 Å². The zero-order valence-electron chi connectivity index (χ0n) is 15.8. The molecule has 0 saturated carbocycles. The summed E-state index contributed by atoms with van der Waals surface area (Å²) in [5.41, 5.74) is 3.31. The summed E-state index contributed by atoms with van der Waals surface area (Å²) in [4.78, 5) is 12.5. The van der Waals surface area contributed by atoms with Crippen molar-refractivity contribution in [2.24, 2.45) is 0 Å². The van der Waals surface area contributed by atoms with E-state index in [0.29, 0.717) is 6.54 Å². The minimum atomic E-state index is -0.257. The lowest BCUT2D eigenvalue weighted by Gasteiger charge is -2.13. The van der Waals surface area contributed by atoms with Crippen LogP contribution in [0.15, 0.2) is 59.8 Å². The number of hydrogen-bond donors (Lipinski definition) is 1. The normalized spacial score (nSPS) is 12.0. The van der Waals surface area contributed by atoms with Gasteiger partial charge in [-0.3, -0.25) is 4.79 Å². The molecule has 0 bridgehead atoms. The molecule has 0 saturated heterocycles. The fourth-order valence-electron chi connectivity index (χ4n) is 2.82. The van der Waals surface area contributed by atoms with Crippen LogP contribution in [-0.2, 0) is 17.9 Å². The van der Waals surface area contributed by atoms with Crippen molar-refractivity contribution in [3.05, 3.63) is 65.7 Å². The summed E-state index contributed by atoms with van der Waals surface area (Å²) < 4.78 is 2.06. The Labute approximate surface area is 164 Å². The molecule has 0 fully saturated rings. The average molecular weight is 381 g/mol. The highest BCUT2D eigenvalue weighted by Gasteiger charge is 2.20. The smallest absolute Gasteiger partial charge is 0.233 e. The van der Waals surface area contributed by atoms with Gasteiger partial charge in [0.15, 0.2) is 11.0 Å². The maximum Gasteiger partial charge on any atom is 0.233 e. The molecule has 1 heterocycles. The van der Waals surface area contributed by atoms with Crippen molar-refractivity contribution in [1.82, 2.24) is 20.1 Å². The summed E-state index contributed by atoms with van der Waals surface area (Å²) in [7, 11) is 0. The van der Waals surface area contributed by atoms with Crippen LogP contribution in [0.4, 0.5) is 0 Å². The maximum atomic E-state index is 12.5. The summed E-state index contributed by atoms with van der Waals surface area (Å²) in [6.45, 7) is 7.30. The monoisotopic (exact) mass is 380 g/mol. The fraction of sp³-hybridized carbons (Fsp3) is 0.286. The predicted molar refractivity (Wildman–Crippen MR) is 109 cm³/mol. The Balaban J connectivity index is 1.70. The van der Waals surface area contributed by atoms with Crippen molar-refractivity contribution in [2.45, 2.75) is 44.3 Å². The lowest BCUT2D eigenvalue weighted by atomic mass is 10.1. The van der Waals surface area contributed by atoms with E-state index in [1.807, 2.05) is 49.4 Å². The van der Waals surface area contributed by atoms with Gasteiger partial charge >= 0.3 is 0 Å². The van der Waals surface area contributed by atoms with Gasteiger partial charge in [-0.25, -0.2) is 0 Å². The van der Waals surface area contributed by atoms with Crippen LogP contribution < -0.4 is 5.32 Å². The highest BCUT2D eigenvalue weighted by atomic mass is 32.2. The standard InChI is InChI=1S/C21H24N4OS/c1-4-25-19(18-13-9-8-10-15(18)2)23-24-21(25)27-16(3)20(26)22-14-17-11-6-5-7-12-17/h5-13,16H,4,14H2,1-3H3,(H,22,26)/t16-/m1/s1. The first kappa shape index (κ1) is 19.2. The Morgan fingerprint density at radius 3 is 2.52 bits per heavy atom. The average Bonchev–Trinajstić information content (AvgIpc) is 3.09. The molecule has 0 unspecified atom stereocenters. The van der Waals surface area contributed by atoms with Gasteiger partial charge in [0.2, 0.25) is 5.91 Å². The Hall–Kier alpha value is -2.60. The van der Waals surface area contributed by atoms with E-state index in [-0.39, 0.29) is 11.2 Å². The van der Waals surface area contributed by atoms with Crippen molar-refractivity contribution in [2.75, 3.05) is 0 Å². The molecule has 2 aromatic carbocycles. The van der Waals surface area contributed by atoms with Crippen LogP contribution in [0.2, 0.25) is 0 Å². The largest absolute Gasteiger partial charge is 0.351 e. The van der Waals surface area contributed by atoms with Crippen LogP contribution in [0.1, 0.15) is 25.0 Å². The molecular weight excluding hydrogens is 356 g/mol. The topological polar surface area (TPSA) is 59.8 Å². The van der Waals surface area contributed by atoms with Crippen molar-refractivity contribution in [1.29, 1.82) is 0 Å². The van der Waals surface area contributed by atoms with Crippen LogP contribution in [-0.4, -0.2) is 25.9 Å². The van der Waals surface area contributed by atoms with E-state index in [1.165, 1.54) is 11.8 Å². The first-order valence-electron chi connectivity index (χ1n) is 9.07. The van der Waals surface area contributed by atoms with Crippen LogP contribution in [0.25, 0.3) is 11.4 Å². The second-order valence-corrected chi connectivity index (χ2v) is 7.64. The molecule has 1 amide bonds. The third-order valence-electron chi connectivity index (χ3n) is 4.38. The molecule has 1 N–H and O–H groups in total. The molecule has 0 aliphatic rings. The van der Waals surface area contributed by atoms with Crippen molar-refractivity contribution in [3.8, 4) is 11.4 Å². The molecule has 140 valence electrons. The summed E-state index contributed by atoms with van der Waals surface area (Å²) >= 11 is 1.44. The lowest BCUT2D eigenvalue weighted by Crippen LogP contribution is -2.30. The van der Waals surface area contributed by atoms with Gasteiger partial charge in [0.05, 0.1) is 5.25 Å². The molecule has 6 heteroatoms. The lowest BCUT2D eigenvalue weighted by molar-refractivity contribution is -0.120. The minimum absolute atomic E-state index is 0.00746. The number of carbonyl (C=O) groups is 1. The molecule has 1 aromatic heterocycles. The Bertz CT molecular complexity index is 908. The van der Waals surface area contributed by atoms with Gasteiger partial charge in [0.25, 0.3) is 0 Å². The number of thioether (sulfide) groups is 1. The Morgan fingerprint density at radius 1 is 1.11 bits per heavy atom. The quantitative estimate of drug-likeness (QED) is 0.628. The fourth-order valence-corrected chi connectivity index (χ4v) is 3.76. The number of carbonyl (C=O) groups excluding carboxylic acids is 1. The van der Waals surface area contributed by atoms with Gasteiger partial charge < -0.3 is 9.88 Å². The third kappa shape index (κ3) is 4.57. The van der Waals surface area contributed by atoms with E-state index < -0.39 is 0 Å². The van der Waals surface area contributed by atoms with Crippen molar-refractivity contribution in [3.63, 3.8) is 0 Å². The molecule has 0 aliphatic heterocycles. The van der Waals surface area contributed by atoms with E-state index >= 15 is 0 Å². The summed E-state index contributed by atoms with van der Waals surface area (Å²) in [6, 6.07) is 18.0.